The van der Waals surface area contributed by atoms with E-state index in [2.05, 4.69) is 5.32 Å². The van der Waals surface area contributed by atoms with E-state index >= 15 is 8.78 Å². The first-order valence-corrected chi connectivity index (χ1v) is 13.0. The number of fused-ring (bicyclic) bond motifs is 2. The van der Waals surface area contributed by atoms with E-state index in [0.29, 0.717) is 45.2 Å². The third-order valence-corrected chi connectivity index (χ3v) is 7.89. The summed E-state index contributed by atoms with van der Waals surface area (Å²) < 4.78 is 64.7. The quantitative estimate of drug-likeness (QED) is 0.568. The molecule has 3 fully saturated rings. The molecule has 0 unspecified atom stereocenters. The van der Waals surface area contributed by atoms with Gasteiger partial charge in [0.25, 0.3) is 11.8 Å². The summed E-state index contributed by atoms with van der Waals surface area (Å²) in [5, 5.41) is 2.47. The van der Waals surface area contributed by atoms with Gasteiger partial charge < -0.3 is 19.9 Å². The Morgan fingerprint density at radius 2 is 1.59 bits per heavy atom. The van der Waals surface area contributed by atoms with Crippen molar-refractivity contribution >= 4 is 23.4 Å². The van der Waals surface area contributed by atoms with Crippen LogP contribution >= 0.6 is 0 Å². The summed E-state index contributed by atoms with van der Waals surface area (Å²) in [6.45, 7) is 3.37. The van der Waals surface area contributed by atoms with Gasteiger partial charge in [-0.1, -0.05) is 0 Å². The molecular formula is C28H29F4N3O4. The van der Waals surface area contributed by atoms with E-state index in [1.165, 1.54) is 19.1 Å². The van der Waals surface area contributed by atoms with Crippen LogP contribution < -0.4 is 5.32 Å². The molecule has 2 bridgehead atoms. The molecule has 5 rings (SSSR count). The van der Waals surface area contributed by atoms with Gasteiger partial charge >= 0.3 is 5.92 Å². The molecule has 1 N–H and O–H groups in total. The van der Waals surface area contributed by atoms with Crippen molar-refractivity contribution in [1.29, 1.82) is 0 Å². The lowest BCUT2D eigenvalue weighted by Gasteiger charge is -2.41. The number of carbonyl (C=O) groups excluding carboxylic acids is 3. The number of aryl methyl sites for hydroxylation is 1. The molecule has 0 spiro atoms. The summed E-state index contributed by atoms with van der Waals surface area (Å²) in [6, 6.07) is 5.18. The van der Waals surface area contributed by atoms with Crippen LogP contribution in [0.2, 0.25) is 0 Å². The number of piperidine rings is 1. The smallest absolute Gasteiger partial charge is 0.352 e. The number of morpholine rings is 1. The highest BCUT2D eigenvalue weighted by Crippen LogP contribution is 2.43. The summed E-state index contributed by atoms with van der Waals surface area (Å²) in [5.74, 6) is -8.77. The van der Waals surface area contributed by atoms with Crippen molar-refractivity contribution in [2.45, 2.75) is 50.6 Å². The zero-order valence-corrected chi connectivity index (χ0v) is 21.4. The monoisotopic (exact) mass is 547 g/mol. The van der Waals surface area contributed by atoms with Crippen molar-refractivity contribution in [3.63, 3.8) is 0 Å². The van der Waals surface area contributed by atoms with Gasteiger partial charge in [-0.05, 0) is 74.6 Å². The fraction of sp³-hybridized carbons (Fsp3) is 0.464. The Balaban J connectivity index is 1.32. The highest BCUT2D eigenvalue weighted by molar-refractivity contribution is 6.04. The number of nitrogens with zero attached hydrogens (tertiary/aromatic N) is 2. The largest absolute Gasteiger partial charge is 0.378 e. The maximum absolute atomic E-state index is 15.6. The first kappa shape index (κ1) is 27.1. The van der Waals surface area contributed by atoms with Crippen LogP contribution in [-0.4, -0.2) is 65.9 Å². The highest BCUT2D eigenvalue weighted by Gasteiger charge is 2.54. The predicted octanol–water partition coefficient (Wildman–Crippen LogP) is 4.25. The molecule has 7 nitrogen and oxygen atoms in total. The van der Waals surface area contributed by atoms with Crippen LogP contribution in [0.15, 0.2) is 36.4 Å². The van der Waals surface area contributed by atoms with Crippen molar-refractivity contribution in [3.05, 3.63) is 64.7 Å². The van der Waals surface area contributed by atoms with E-state index in [1.54, 1.807) is 4.90 Å². The lowest BCUT2D eigenvalue weighted by Crippen LogP contribution is -2.54. The lowest BCUT2D eigenvalue weighted by molar-refractivity contribution is -0.166. The predicted molar refractivity (Wildman–Crippen MR) is 133 cm³/mol. The normalized spacial score (nSPS) is 23.1. The van der Waals surface area contributed by atoms with E-state index < -0.39 is 47.0 Å². The Kier molecular flexibility index (Phi) is 7.37. The van der Waals surface area contributed by atoms with Gasteiger partial charge in [-0.15, -0.1) is 0 Å². The number of hydrogen-bond donors (Lipinski definition) is 1. The second-order valence-electron chi connectivity index (χ2n) is 10.4. The van der Waals surface area contributed by atoms with Gasteiger partial charge in [0, 0.05) is 42.3 Å². The topological polar surface area (TPSA) is 79.0 Å². The molecule has 3 saturated heterocycles. The van der Waals surface area contributed by atoms with Crippen LogP contribution in [0.4, 0.5) is 23.2 Å². The fourth-order valence-corrected chi connectivity index (χ4v) is 5.86. The van der Waals surface area contributed by atoms with Crippen LogP contribution in [0.1, 0.15) is 47.2 Å². The molecule has 3 heterocycles. The van der Waals surface area contributed by atoms with Gasteiger partial charge in [0.1, 0.15) is 11.6 Å². The van der Waals surface area contributed by atoms with Crippen molar-refractivity contribution in [2.75, 3.05) is 31.6 Å². The molecule has 11 heteroatoms. The number of ether oxygens (including phenoxy) is 1. The second kappa shape index (κ2) is 10.6. The maximum Gasteiger partial charge on any atom is 0.352 e. The van der Waals surface area contributed by atoms with Gasteiger partial charge in [0.2, 0.25) is 5.91 Å². The number of halogens is 4. The zero-order valence-electron chi connectivity index (χ0n) is 21.4. The van der Waals surface area contributed by atoms with Crippen molar-refractivity contribution in [2.24, 2.45) is 5.92 Å². The number of amides is 3. The number of hydrogen-bond acceptors (Lipinski definition) is 4. The van der Waals surface area contributed by atoms with E-state index in [9.17, 15) is 23.2 Å². The molecular weight excluding hydrogens is 518 g/mol. The molecule has 208 valence electrons. The number of anilines is 1. The van der Waals surface area contributed by atoms with E-state index in [1.807, 2.05) is 0 Å². The summed E-state index contributed by atoms with van der Waals surface area (Å²) in [7, 11) is 0. The molecule has 3 amide bonds. The van der Waals surface area contributed by atoms with E-state index in [4.69, 9.17) is 4.74 Å². The Morgan fingerprint density at radius 1 is 0.949 bits per heavy atom. The lowest BCUT2D eigenvalue weighted by atomic mass is 9.88. The molecule has 3 aliphatic heterocycles. The standard InChI is InChI=1S/C28H29F4N3O4/c1-16-12-19(3-7-23(16)29)33-25(36)17-2-6-24(30)22(15-17)28(31,32)27(38)35-20-4-5-21(35)14-18(13-20)26(37)34-8-10-39-11-9-34/h2-3,6-7,12,15,18,20-21H,4-5,8-11,13-14H2,1H3,(H,33,36)/t18-,20+,21-. The van der Waals surface area contributed by atoms with Gasteiger partial charge in [0.05, 0.1) is 18.8 Å². The highest BCUT2D eigenvalue weighted by atomic mass is 19.3. The minimum absolute atomic E-state index is 0.0461. The van der Waals surface area contributed by atoms with Crippen molar-refractivity contribution < 1.29 is 36.7 Å². The molecule has 0 saturated carbocycles. The molecule has 3 aliphatic rings. The third kappa shape index (κ3) is 5.24. The number of benzene rings is 2. The van der Waals surface area contributed by atoms with Crippen LogP contribution in [0, 0.1) is 24.5 Å². The number of alkyl halides is 2. The Labute approximate surface area is 223 Å². The summed E-state index contributed by atoms with van der Waals surface area (Å²) in [6.07, 6.45) is 1.52. The van der Waals surface area contributed by atoms with Crippen molar-refractivity contribution in [1.82, 2.24) is 9.80 Å². The first-order valence-electron chi connectivity index (χ1n) is 13.0. The molecule has 0 aliphatic carbocycles. The molecule has 39 heavy (non-hydrogen) atoms. The minimum atomic E-state index is -4.23. The second-order valence-corrected chi connectivity index (χ2v) is 10.4. The van der Waals surface area contributed by atoms with Gasteiger partial charge in [-0.2, -0.15) is 8.78 Å². The van der Waals surface area contributed by atoms with Crippen LogP contribution in [0.3, 0.4) is 0 Å². The first-order chi connectivity index (χ1) is 18.6. The number of rotatable bonds is 5. The molecule has 0 aromatic heterocycles. The van der Waals surface area contributed by atoms with Gasteiger partial charge in [0.15, 0.2) is 0 Å². The Morgan fingerprint density at radius 3 is 2.23 bits per heavy atom. The minimum Gasteiger partial charge on any atom is -0.378 e. The maximum atomic E-state index is 15.6. The van der Waals surface area contributed by atoms with E-state index in [0.717, 1.165) is 23.1 Å². The van der Waals surface area contributed by atoms with E-state index in [-0.39, 0.29) is 41.5 Å². The average molecular weight is 548 g/mol. The third-order valence-electron chi connectivity index (χ3n) is 7.89. The van der Waals surface area contributed by atoms with Crippen molar-refractivity contribution in [3.8, 4) is 0 Å². The molecule has 2 aromatic rings. The summed E-state index contributed by atoms with van der Waals surface area (Å²) in [5.41, 5.74) is -0.964. The molecule has 2 aromatic carbocycles. The molecule has 3 atom stereocenters. The Bertz CT molecular complexity index is 1280. The Hall–Kier alpha value is -3.47. The van der Waals surface area contributed by atoms with Crippen LogP contribution in [-0.2, 0) is 20.2 Å². The van der Waals surface area contributed by atoms with Crippen LogP contribution in [0.25, 0.3) is 0 Å². The zero-order chi connectivity index (χ0) is 27.9. The summed E-state index contributed by atoms with van der Waals surface area (Å²) >= 11 is 0. The number of carbonyl (C=O) groups is 3. The SMILES string of the molecule is Cc1cc(NC(=O)c2ccc(F)c(C(F)(F)C(=O)N3[C@@H]4CC[C@H]3C[C@@H](C(=O)N3CCOCC3)C4)c2)ccc1F. The average Bonchev–Trinajstić information content (AvgIpc) is 3.18. The van der Waals surface area contributed by atoms with Gasteiger partial charge in [-0.3, -0.25) is 14.4 Å². The summed E-state index contributed by atoms with van der Waals surface area (Å²) in [4.78, 5) is 41.8. The fourth-order valence-electron chi connectivity index (χ4n) is 5.86. The molecule has 0 radical (unpaired) electrons. The van der Waals surface area contributed by atoms with Gasteiger partial charge in [-0.25, -0.2) is 8.78 Å². The number of nitrogens with one attached hydrogen (secondary N) is 1. The van der Waals surface area contributed by atoms with Crippen LogP contribution in [0.5, 0.6) is 0 Å².